The first-order valence-electron chi connectivity index (χ1n) is 5.63. The molecular weight excluding hydrogens is 333 g/mol. The monoisotopic (exact) mass is 341 g/mol. The van der Waals surface area contributed by atoms with Gasteiger partial charge in [-0.2, -0.15) is 27.2 Å². The molecule has 0 heterocycles. The molecule has 0 saturated heterocycles. The summed E-state index contributed by atoms with van der Waals surface area (Å²) in [4.78, 5) is 11.0. The van der Waals surface area contributed by atoms with Gasteiger partial charge in [-0.15, -0.1) is 0 Å². The number of nitrogens with zero attached hydrogens (tertiary/aromatic N) is 1. The lowest BCUT2D eigenvalue weighted by atomic mass is 10.1. The average Bonchev–Trinajstić information content (AvgIpc) is 2.35. The summed E-state index contributed by atoms with van der Waals surface area (Å²) in [5.74, 6) is -2.10. The second-order valence-electron chi connectivity index (χ2n) is 3.61. The smallest absolute Gasteiger partial charge is 0.446 e. The zero-order chi connectivity index (χ0) is 16.9. The van der Waals surface area contributed by atoms with Gasteiger partial charge in [0.25, 0.3) is 0 Å². The Kier molecular flexibility index (Phi) is 5.99. The van der Waals surface area contributed by atoms with Crippen LogP contribution in [0.25, 0.3) is 0 Å². The Bertz CT molecular complexity index is 598. The van der Waals surface area contributed by atoms with Crippen LogP contribution in [-0.4, -0.2) is 24.7 Å². The number of carbonyl (C=O) groups excluding carboxylic acids is 1. The number of rotatable bonds is 5. The third kappa shape index (κ3) is 5.07. The van der Waals surface area contributed by atoms with Crippen LogP contribution in [0.5, 0.6) is 5.75 Å². The van der Waals surface area contributed by atoms with Crippen molar-refractivity contribution in [1.82, 2.24) is 0 Å². The topological polar surface area (TPSA) is 59.3 Å². The number of benzene rings is 1. The molecule has 0 saturated carbocycles. The fraction of sp³-hybridized carbons (Fsp3) is 0.333. The summed E-state index contributed by atoms with van der Waals surface area (Å²) < 4.78 is 71.0. The van der Waals surface area contributed by atoms with E-state index in [4.69, 9.17) is 5.26 Å². The van der Waals surface area contributed by atoms with Gasteiger partial charge in [-0.3, -0.25) is 0 Å². The van der Waals surface area contributed by atoms with E-state index in [0.29, 0.717) is 0 Å². The van der Waals surface area contributed by atoms with Gasteiger partial charge >= 0.3 is 18.1 Å². The first-order valence-corrected chi connectivity index (χ1v) is 6.45. The molecule has 0 aliphatic carbocycles. The first-order chi connectivity index (χ1) is 10.2. The molecule has 0 aliphatic rings. The minimum Gasteiger partial charge on any atom is -0.462 e. The van der Waals surface area contributed by atoms with Crippen molar-refractivity contribution in [2.45, 2.75) is 23.9 Å². The zero-order valence-electron chi connectivity index (χ0n) is 10.9. The number of halogens is 5. The maximum Gasteiger partial charge on any atom is 0.446 e. The van der Waals surface area contributed by atoms with Crippen molar-refractivity contribution in [3.63, 3.8) is 0 Å². The molecule has 1 aromatic carbocycles. The largest absolute Gasteiger partial charge is 0.462 e. The average molecular weight is 341 g/mol. The molecule has 0 spiro atoms. The Hall–Kier alpha value is -2.02. The zero-order valence-corrected chi connectivity index (χ0v) is 11.7. The maximum absolute atomic E-state index is 12.5. The summed E-state index contributed by atoms with van der Waals surface area (Å²) in [5.41, 5.74) is -5.96. The predicted octanol–water partition coefficient (Wildman–Crippen LogP) is 3.95. The molecule has 4 nitrogen and oxygen atoms in total. The van der Waals surface area contributed by atoms with E-state index in [2.05, 4.69) is 9.47 Å². The summed E-state index contributed by atoms with van der Waals surface area (Å²) >= 11 is -0.725. The Morgan fingerprint density at radius 2 is 2.05 bits per heavy atom. The highest BCUT2D eigenvalue weighted by Gasteiger charge is 2.34. The number of thioether (sulfide) groups is 1. The van der Waals surface area contributed by atoms with Crippen molar-refractivity contribution in [2.24, 2.45) is 0 Å². The van der Waals surface area contributed by atoms with Crippen LogP contribution in [0.2, 0.25) is 0 Å². The van der Waals surface area contributed by atoms with Crippen molar-refractivity contribution in [1.29, 1.82) is 5.26 Å². The highest BCUT2D eigenvalue weighted by atomic mass is 32.2. The lowest BCUT2D eigenvalue weighted by molar-refractivity contribution is -0.0506. The molecule has 22 heavy (non-hydrogen) atoms. The van der Waals surface area contributed by atoms with E-state index in [9.17, 15) is 26.7 Å². The van der Waals surface area contributed by atoms with Crippen LogP contribution in [0.1, 0.15) is 22.8 Å². The summed E-state index contributed by atoms with van der Waals surface area (Å²) in [7, 11) is 0. The molecule has 0 unspecified atom stereocenters. The van der Waals surface area contributed by atoms with Crippen LogP contribution in [0.15, 0.2) is 17.0 Å². The Morgan fingerprint density at radius 3 is 2.50 bits per heavy atom. The van der Waals surface area contributed by atoms with Gasteiger partial charge in [-0.25, -0.2) is 4.79 Å². The van der Waals surface area contributed by atoms with Gasteiger partial charge < -0.3 is 9.47 Å². The number of alkyl halides is 5. The predicted molar refractivity (Wildman–Crippen MR) is 65.7 cm³/mol. The van der Waals surface area contributed by atoms with Crippen LogP contribution in [0.4, 0.5) is 22.0 Å². The molecule has 1 rings (SSSR count). The minimum absolute atomic E-state index is 0.178. The molecule has 0 radical (unpaired) electrons. The number of hydrogen-bond acceptors (Lipinski definition) is 5. The van der Waals surface area contributed by atoms with Gasteiger partial charge in [-0.05, 0) is 30.8 Å². The molecule has 10 heteroatoms. The van der Waals surface area contributed by atoms with Gasteiger partial charge in [-0.1, -0.05) is 0 Å². The molecule has 120 valence electrons. The van der Waals surface area contributed by atoms with Crippen LogP contribution in [0, 0.1) is 11.3 Å². The van der Waals surface area contributed by atoms with Crippen LogP contribution in [0.3, 0.4) is 0 Å². The third-order valence-electron chi connectivity index (χ3n) is 2.12. The van der Waals surface area contributed by atoms with E-state index in [0.717, 1.165) is 12.1 Å². The number of esters is 1. The highest BCUT2D eigenvalue weighted by Crippen LogP contribution is 2.42. The van der Waals surface area contributed by atoms with E-state index < -0.39 is 46.1 Å². The van der Waals surface area contributed by atoms with Crippen LogP contribution >= 0.6 is 11.8 Å². The van der Waals surface area contributed by atoms with Crippen molar-refractivity contribution in [3.05, 3.63) is 23.3 Å². The SMILES string of the molecule is CCOC(=O)c1c(OC(F)F)cc(C#N)cc1SC(F)(F)F. The van der Waals surface area contributed by atoms with E-state index in [1.54, 1.807) is 0 Å². The van der Waals surface area contributed by atoms with Gasteiger partial charge in [0.2, 0.25) is 0 Å². The molecule has 0 atom stereocenters. The normalized spacial score (nSPS) is 11.2. The second-order valence-corrected chi connectivity index (χ2v) is 4.71. The maximum atomic E-state index is 12.5. The molecule has 0 aromatic heterocycles. The van der Waals surface area contributed by atoms with E-state index in [1.807, 2.05) is 0 Å². The van der Waals surface area contributed by atoms with Gasteiger partial charge in [0.05, 0.1) is 18.2 Å². The van der Waals surface area contributed by atoms with E-state index in [-0.39, 0.29) is 12.2 Å². The first kappa shape index (κ1) is 18.0. The van der Waals surface area contributed by atoms with E-state index in [1.165, 1.54) is 13.0 Å². The van der Waals surface area contributed by atoms with Gasteiger partial charge in [0.1, 0.15) is 11.3 Å². The Balaban J connectivity index is 3.48. The van der Waals surface area contributed by atoms with Crippen LogP contribution in [-0.2, 0) is 4.74 Å². The number of nitriles is 1. The van der Waals surface area contributed by atoms with Crippen molar-refractivity contribution in [3.8, 4) is 11.8 Å². The molecule has 0 amide bonds. The van der Waals surface area contributed by atoms with Crippen molar-refractivity contribution in [2.75, 3.05) is 6.61 Å². The number of carbonyl (C=O) groups is 1. The number of ether oxygens (including phenoxy) is 2. The van der Waals surface area contributed by atoms with Gasteiger partial charge in [0.15, 0.2) is 0 Å². The van der Waals surface area contributed by atoms with Gasteiger partial charge in [0, 0.05) is 4.90 Å². The minimum atomic E-state index is -4.79. The highest BCUT2D eigenvalue weighted by molar-refractivity contribution is 8.00. The Labute approximate surface area is 125 Å². The molecule has 0 aliphatic heterocycles. The summed E-state index contributed by atoms with van der Waals surface area (Å²) in [5, 5.41) is 8.75. The second kappa shape index (κ2) is 7.31. The molecule has 1 aromatic rings. The lowest BCUT2D eigenvalue weighted by Gasteiger charge is -2.15. The fourth-order valence-corrected chi connectivity index (χ4v) is 2.17. The summed E-state index contributed by atoms with van der Waals surface area (Å²) in [6.07, 6.45) is 0. The Morgan fingerprint density at radius 1 is 1.41 bits per heavy atom. The van der Waals surface area contributed by atoms with E-state index >= 15 is 0 Å². The number of hydrogen-bond donors (Lipinski definition) is 0. The standard InChI is InChI=1S/C12H8F5NO3S/c1-2-20-10(19)9-7(21-11(13)14)3-6(5-18)4-8(9)22-12(15,16)17/h3-4,11H,2H2,1H3. The fourth-order valence-electron chi connectivity index (χ4n) is 1.45. The quantitative estimate of drug-likeness (QED) is 0.461. The lowest BCUT2D eigenvalue weighted by Crippen LogP contribution is -2.13. The van der Waals surface area contributed by atoms with Crippen molar-refractivity contribution < 1.29 is 36.2 Å². The summed E-state index contributed by atoms with van der Waals surface area (Å²) in [6.45, 7) is -2.17. The van der Waals surface area contributed by atoms with Crippen molar-refractivity contribution >= 4 is 17.7 Å². The van der Waals surface area contributed by atoms with Crippen LogP contribution < -0.4 is 4.74 Å². The molecule has 0 bridgehead atoms. The molecule has 0 N–H and O–H groups in total. The third-order valence-corrected chi connectivity index (χ3v) is 2.89. The molecule has 0 fully saturated rings. The summed E-state index contributed by atoms with van der Waals surface area (Å²) in [6, 6.07) is 3.01. The molecular formula is C12H8F5NO3S.